The van der Waals surface area contributed by atoms with Crippen LogP contribution in [0.1, 0.15) is 41.6 Å². The molecule has 1 aliphatic heterocycles. The van der Waals surface area contributed by atoms with Crippen LogP contribution in [0.3, 0.4) is 0 Å². The zero-order valence-electron chi connectivity index (χ0n) is 13.4. The normalized spacial score (nSPS) is 17.4. The molecule has 1 N–H and O–H groups in total. The van der Waals surface area contributed by atoms with Crippen molar-refractivity contribution in [1.82, 2.24) is 19.5 Å². The molecule has 1 aromatic carbocycles. The fraction of sp³-hybridized carbons (Fsp3) is 0.412. The number of hydrogen-bond acceptors (Lipinski definition) is 5. The molecule has 0 radical (unpaired) electrons. The van der Waals surface area contributed by atoms with Gasteiger partial charge in [0.1, 0.15) is 5.82 Å². The number of aromatic hydroxyl groups is 1. The summed E-state index contributed by atoms with van der Waals surface area (Å²) in [5, 5.41) is 15.8. The summed E-state index contributed by atoms with van der Waals surface area (Å²) in [5.41, 5.74) is 1.10. The van der Waals surface area contributed by atoms with Gasteiger partial charge in [-0.15, -0.1) is 5.10 Å². The Balaban J connectivity index is 1.84. The average Bonchev–Trinajstić information content (AvgIpc) is 3.07. The van der Waals surface area contributed by atoms with Crippen molar-refractivity contribution < 1.29 is 5.11 Å². The van der Waals surface area contributed by atoms with E-state index in [0.29, 0.717) is 10.8 Å². The number of likely N-dealkylation sites (tertiary alicyclic amines) is 1. The summed E-state index contributed by atoms with van der Waals surface area (Å²) in [7, 11) is 0. The molecule has 1 fully saturated rings. The molecule has 5 nitrogen and oxygen atoms in total. The second-order valence-corrected chi connectivity index (χ2v) is 7.64. The Bertz CT molecular complexity index is 869. The number of nitrogens with zero attached hydrogens (tertiary/aromatic N) is 4. The van der Waals surface area contributed by atoms with E-state index in [0.717, 1.165) is 28.5 Å². The Hall–Kier alpha value is -1.63. The third-order valence-electron chi connectivity index (χ3n) is 4.47. The standard InChI is InChI=1S/C17H19ClN4OS/c1-11-19-17-22(20-11)16(23)15(24-17)14(21-8-3-2-4-9-21)12-6-5-7-13(18)10-12/h5-7,10,14,23H,2-4,8-9H2,1H3. The number of piperidine rings is 1. The van der Waals surface area contributed by atoms with E-state index in [1.54, 1.807) is 0 Å². The van der Waals surface area contributed by atoms with E-state index in [4.69, 9.17) is 11.6 Å². The summed E-state index contributed by atoms with van der Waals surface area (Å²) in [5.74, 6) is 0.853. The van der Waals surface area contributed by atoms with E-state index < -0.39 is 0 Å². The van der Waals surface area contributed by atoms with E-state index >= 15 is 0 Å². The molecule has 7 heteroatoms. The summed E-state index contributed by atoms with van der Waals surface area (Å²) >= 11 is 7.73. The van der Waals surface area contributed by atoms with E-state index in [2.05, 4.69) is 21.0 Å². The Morgan fingerprint density at radius 3 is 2.75 bits per heavy atom. The molecule has 0 spiro atoms. The second kappa shape index (κ2) is 6.35. The van der Waals surface area contributed by atoms with Crippen LogP contribution in [0, 0.1) is 6.92 Å². The van der Waals surface area contributed by atoms with Gasteiger partial charge in [0, 0.05) is 5.02 Å². The monoisotopic (exact) mass is 362 g/mol. The maximum absolute atomic E-state index is 10.7. The van der Waals surface area contributed by atoms with Crippen molar-refractivity contribution >= 4 is 27.9 Å². The van der Waals surface area contributed by atoms with Gasteiger partial charge < -0.3 is 5.11 Å². The number of benzene rings is 1. The molecular weight excluding hydrogens is 344 g/mol. The van der Waals surface area contributed by atoms with Crippen LogP contribution in [0.2, 0.25) is 5.02 Å². The first-order valence-corrected chi connectivity index (χ1v) is 9.37. The number of thiazole rings is 1. The number of halogens is 1. The topological polar surface area (TPSA) is 53.7 Å². The number of rotatable bonds is 3. The van der Waals surface area contributed by atoms with Crippen LogP contribution in [0.15, 0.2) is 24.3 Å². The molecule has 24 heavy (non-hydrogen) atoms. The molecule has 0 aliphatic carbocycles. The summed E-state index contributed by atoms with van der Waals surface area (Å²) < 4.78 is 1.54. The van der Waals surface area contributed by atoms with Crippen LogP contribution >= 0.6 is 22.9 Å². The molecular formula is C17H19ClN4OS. The Morgan fingerprint density at radius 1 is 1.25 bits per heavy atom. The van der Waals surface area contributed by atoms with Crippen molar-refractivity contribution in [2.45, 2.75) is 32.2 Å². The lowest BCUT2D eigenvalue weighted by Crippen LogP contribution is -2.34. The molecule has 0 bridgehead atoms. The molecule has 1 atom stereocenters. The Kier molecular flexibility index (Phi) is 4.20. The highest BCUT2D eigenvalue weighted by molar-refractivity contribution is 7.17. The van der Waals surface area contributed by atoms with E-state index in [1.165, 1.54) is 35.1 Å². The fourth-order valence-corrected chi connectivity index (χ4v) is 4.77. The van der Waals surface area contributed by atoms with Gasteiger partial charge in [-0.3, -0.25) is 4.90 Å². The number of hydrogen-bond donors (Lipinski definition) is 1. The smallest absolute Gasteiger partial charge is 0.230 e. The summed E-state index contributed by atoms with van der Waals surface area (Å²) in [6.45, 7) is 3.87. The first kappa shape index (κ1) is 15.9. The largest absolute Gasteiger partial charge is 0.492 e. The minimum atomic E-state index is -0.0159. The molecule has 2 aromatic heterocycles. The molecule has 1 unspecified atom stereocenters. The zero-order chi connectivity index (χ0) is 16.7. The van der Waals surface area contributed by atoms with Crippen molar-refractivity contribution in [2.75, 3.05) is 13.1 Å². The van der Waals surface area contributed by atoms with Crippen LogP contribution in [0.5, 0.6) is 5.88 Å². The van der Waals surface area contributed by atoms with Gasteiger partial charge in [-0.1, -0.05) is 41.5 Å². The highest BCUT2D eigenvalue weighted by Gasteiger charge is 2.30. The van der Waals surface area contributed by atoms with Crippen LogP contribution in [-0.2, 0) is 0 Å². The van der Waals surface area contributed by atoms with Crippen molar-refractivity contribution in [1.29, 1.82) is 0 Å². The lowest BCUT2D eigenvalue weighted by Gasteiger charge is -2.34. The number of aryl methyl sites for hydroxylation is 1. The predicted octanol–water partition coefficient (Wildman–Crippen LogP) is 4.03. The molecule has 3 aromatic rings. The first-order valence-electron chi connectivity index (χ1n) is 8.18. The maximum atomic E-state index is 10.7. The van der Waals surface area contributed by atoms with Gasteiger partial charge in [0.2, 0.25) is 10.8 Å². The highest BCUT2D eigenvalue weighted by Crippen LogP contribution is 2.41. The minimum absolute atomic E-state index is 0.0159. The van der Waals surface area contributed by atoms with Crippen LogP contribution < -0.4 is 0 Å². The third kappa shape index (κ3) is 2.79. The Morgan fingerprint density at radius 2 is 2.04 bits per heavy atom. The summed E-state index contributed by atoms with van der Waals surface area (Å²) in [6, 6.07) is 7.89. The molecule has 1 aliphatic rings. The van der Waals surface area contributed by atoms with Gasteiger partial charge in [-0.2, -0.15) is 4.52 Å². The summed E-state index contributed by atoms with van der Waals surface area (Å²) in [6.07, 6.45) is 3.62. The molecule has 0 amide bonds. The van der Waals surface area contributed by atoms with Gasteiger partial charge in [-0.25, -0.2) is 4.98 Å². The number of aromatic nitrogens is 3. The fourth-order valence-electron chi connectivity index (χ4n) is 3.41. The SMILES string of the molecule is Cc1nc2sc(C(c3cccc(Cl)c3)N3CCCCC3)c(O)n2n1. The van der Waals surface area contributed by atoms with E-state index in [-0.39, 0.29) is 11.9 Å². The third-order valence-corrected chi connectivity index (χ3v) is 5.78. The second-order valence-electron chi connectivity index (χ2n) is 6.20. The van der Waals surface area contributed by atoms with Crippen molar-refractivity contribution in [3.8, 4) is 5.88 Å². The molecule has 126 valence electrons. The Labute approximate surface area is 149 Å². The van der Waals surface area contributed by atoms with Gasteiger partial charge >= 0.3 is 0 Å². The van der Waals surface area contributed by atoms with Gasteiger partial charge in [0.25, 0.3) is 0 Å². The van der Waals surface area contributed by atoms with Crippen molar-refractivity contribution in [3.63, 3.8) is 0 Å². The van der Waals surface area contributed by atoms with Crippen LogP contribution in [-0.4, -0.2) is 37.7 Å². The van der Waals surface area contributed by atoms with Crippen molar-refractivity contribution in [3.05, 3.63) is 45.6 Å². The molecule has 4 rings (SSSR count). The first-order chi connectivity index (χ1) is 11.6. The lowest BCUT2D eigenvalue weighted by molar-refractivity contribution is 0.186. The molecule has 0 saturated carbocycles. The van der Waals surface area contributed by atoms with Crippen molar-refractivity contribution in [2.24, 2.45) is 0 Å². The summed E-state index contributed by atoms with van der Waals surface area (Å²) in [4.78, 5) is 8.43. The van der Waals surface area contributed by atoms with Gasteiger partial charge in [0.15, 0.2) is 0 Å². The predicted molar refractivity (Wildman–Crippen MR) is 96.0 cm³/mol. The van der Waals surface area contributed by atoms with Gasteiger partial charge in [-0.05, 0) is 50.6 Å². The van der Waals surface area contributed by atoms with Gasteiger partial charge in [0.05, 0.1) is 10.9 Å². The van der Waals surface area contributed by atoms with Crippen LogP contribution in [0.25, 0.3) is 4.96 Å². The molecule has 3 heterocycles. The number of fused-ring (bicyclic) bond motifs is 1. The molecule has 1 saturated heterocycles. The quantitative estimate of drug-likeness (QED) is 0.764. The maximum Gasteiger partial charge on any atom is 0.230 e. The lowest BCUT2D eigenvalue weighted by atomic mass is 10.0. The minimum Gasteiger partial charge on any atom is -0.492 e. The van der Waals surface area contributed by atoms with Crippen LogP contribution in [0.4, 0.5) is 0 Å². The van der Waals surface area contributed by atoms with E-state index in [1.807, 2.05) is 25.1 Å². The average molecular weight is 363 g/mol. The zero-order valence-corrected chi connectivity index (χ0v) is 15.0. The van der Waals surface area contributed by atoms with E-state index in [9.17, 15) is 5.11 Å². The highest BCUT2D eigenvalue weighted by atomic mass is 35.5.